The lowest BCUT2D eigenvalue weighted by Crippen LogP contribution is -2.27. The molecule has 1 aromatic carbocycles. The summed E-state index contributed by atoms with van der Waals surface area (Å²) in [6, 6.07) is 5.71. The van der Waals surface area contributed by atoms with E-state index in [9.17, 15) is 4.39 Å². The Hall–Kier alpha value is -0.410. The Morgan fingerprint density at radius 2 is 1.85 bits per heavy atom. The van der Waals surface area contributed by atoms with Gasteiger partial charge in [-0.2, -0.15) is 0 Å². The maximum atomic E-state index is 13.5. The van der Waals surface area contributed by atoms with E-state index in [1.807, 2.05) is 13.1 Å². The summed E-state index contributed by atoms with van der Waals surface area (Å²) in [5.74, 6) is -0.170. The second kappa shape index (κ2) is 10.3. The molecule has 0 aliphatic carbocycles. The van der Waals surface area contributed by atoms with E-state index in [1.165, 1.54) is 44.6 Å². The van der Waals surface area contributed by atoms with E-state index in [0.29, 0.717) is 10.5 Å². The van der Waals surface area contributed by atoms with Gasteiger partial charge in [0.25, 0.3) is 0 Å². The van der Waals surface area contributed by atoms with Crippen LogP contribution in [0.1, 0.15) is 57.4 Å². The molecule has 1 rings (SSSR count). The number of likely N-dealkylation sites (N-methyl/N-ethyl adjacent to an activating group) is 1. The first-order valence-electron chi connectivity index (χ1n) is 7.79. The van der Waals surface area contributed by atoms with Crippen LogP contribution in [0.15, 0.2) is 22.7 Å². The fourth-order valence-corrected chi connectivity index (χ4v) is 2.92. The molecule has 114 valence electrons. The lowest BCUT2D eigenvalue weighted by atomic mass is 9.99. The molecule has 0 aliphatic rings. The molecule has 20 heavy (non-hydrogen) atoms. The first kappa shape index (κ1) is 17.6. The molecule has 0 aliphatic heterocycles. The van der Waals surface area contributed by atoms with E-state index in [1.54, 1.807) is 6.07 Å². The van der Waals surface area contributed by atoms with Crippen molar-refractivity contribution in [3.8, 4) is 0 Å². The molecule has 1 nitrogen and oxygen atoms in total. The zero-order valence-electron chi connectivity index (χ0n) is 12.7. The van der Waals surface area contributed by atoms with E-state index < -0.39 is 0 Å². The van der Waals surface area contributed by atoms with Gasteiger partial charge in [0.05, 0.1) is 4.47 Å². The number of rotatable bonds is 10. The van der Waals surface area contributed by atoms with Crippen molar-refractivity contribution in [2.45, 2.75) is 64.3 Å². The molecule has 1 N–H and O–H groups in total. The van der Waals surface area contributed by atoms with Crippen molar-refractivity contribution in [2.75, 3.05) is 7.05 Å². The zero-order valence-corrected chi connectivity index (χ0v) is 14.3. The minimum atomic E-state index is -0.170. The van der Waals surface area contributed by atoms with Gasteiger partial charge in [-0.1, -0.05) is 57.6 Å². The SMILES string of the molecule is CCCCCCCCC(Cc1cccc(F)c1Br)NC. The fourth-order valence-electron chi connectivity index (χ4n) is 2.49. The van der Waals surface area contributed by atoms with Crippen molar-refractivity contribution in [1.82, 2.24) is 5.32 Å². The average molecular weight is 344 g/mol. The Morgan fingerprint density at radius 1 is 1.15 bits per heavy atom. The first-order chi connectivity index (χ1) is 9.69. The van der Waals surface area contributed by atoms with Crippen LogP contribution in [0.2, 0.25) is 0 Å². The van der Waals surface area contributed by atoms with Crippen LogP contribution in [0, 0.1) is 5.82 Å². The van der Waals surface area contributed by atoms with Gasteiger partial charge in [0, 0.05) is 6.04 Å². The largest absolute Gasteiger partial charge is 0.317 e. The predicted octanol–water partition coefficient (Wildman–Crippen LogP) is 5.47. The third-order valence-corrected chi connectivity index (χ3v) is 4.70. The Labute approximate surface area is 131 Å². The molecule has 0 spiro atoms. The molecule has 1 atom stereocenters. The maximum Gasteiger partial charge on any atom is 0.137 e. The molecule has 0 heterocycles. The lowest BCUT2D eigenvalue weighted by Gasteiger charge is -2.17. The Bertz CT molecular complexity index is 381. The monoisotopic (exact) mass is 343 g/mol. The Kier molecular flexibility index (Phi) is 9.12. The van der Waals surface area contributed by atoms with Crippen LogP contribution in [0.3, 0.4) is 0 Å². The van der Waals surface area contributed by atoms with Crippen molar-refractivity contribution >= 4 is 15.9 Å². The highest BCUT2D eigenvalue weighted by Gasteiger charge is 2.11. The normalized spacial score (nSPS) is 12.6. The molecular formula is C17H27BrFN. The van der Waals surface area contributed by atoms with E-state index in [4.69, 9.17) is 0 Å². The lowest BCUT2D eigenvalue weighted by molar-refractivity contribution is 0.478. The highest BCUT2D eigenvalue weighted by atomic mass is 79.9. The topological polar surface area (TPSA) is 12.0 Å². The molecule has 0 saturated carbocycles. The van der Waals surface area contributed by atoms with E-state index in [-0.39, 0.29) is 5.82 Å². The number of unbranched alkanes of at least 4 members (excludes halogenated alkanes) is 5. The van der Waals surface area contributed by atoms with E-state index >= 15 is 0 Å². The van der Waals surface area contributed by atoms with Crippen molar-refractivity contribution in [3.63, 3.8) is 0 Å². The van der Waals surface area contributed by atoms with Gasteiger partial charge < -0.3 is 5.32 Å². The molecule has 1 aromatic rings. The molecular weight excluding hydrogens is 317 g/mol. The number of halogens is 2. The van der Waals surface area contributed by atoms with Crippen LogP contribution in [-0.2, 0) is 6.42 Å². The minimum absolute atomic E-state index is 0.170. The summed E-state index contributed by atoms with van der Waals surface area (Å²) in [7, 11) is 1.99. The van der Waals surface area contributed by atoms with Crippen molar-refractivity contribution in [3.05, 3.63) is 34.1 Å². The van der Waals surface area contributed by atoms with Gasteiger partial charge in [0.2, 0.25) is 0 Å². The summed E-state index contributed by atoms with van der Waals surface area (Å²) >= 11 is 3.35. The summed E-state index contributed by atoms with van der Waals surface area (Å²) in [5, 5.41) is 3.36. The number of hydrogen-bond acceptors (Lipinski definition) is 1. The van der Waals surface area contributed by atoms with Gasteiger partial charge >= 0.3 is 0 Å². The van der Waals surface area contributed by atoms with Gasteiger partial charge in [-0.15, -0.1) is 0 Å². The minimum Gasteiger partial charge on any atom is -0.317 e. The number of nitrogens with one attached hydrogen (secondary N) is 1. The van der Waals surface area contributed by atoms with Gasteiger partial charge in [-0.25, -0.2) is 4.39 Å². The smallest absolute Gasteiger partial charge is 0.137 e. The van der Waals surface area contributed by atoms with Gasteiger partial charge in [0.15, 0.2) is 0 Å². The third kappa shape index (κ3) is 6.36. The molecule has 0 fully saturated rings. The number of benzene rings is 1. The third-order valence-electron chi connectivity index (χ3n) is 3.81. The molecule has 0 aromatic heterocycles. The average Bonchev–Trinajstić information content (AvgIpc) is 2.46. The van der Waals surface area contributed by atoms with E-state index in [2.05, 4.69) is 28.2 Å². The highest BCUT2D eigenvalue weighted by molar-refractivity contribution is 9.10. The molecule has 1 unspecified atom stereocenters. The van der Waals surface area contributed by atoms with Gasteiger partial charge in [0.1, 0.15) is 5.82 Å². The highest BCUT2D eigenvalue weighted by Crippen LogP contribution is 2.22. The van der Waals surface area contributed by atoms with Crippen LogP contribution < -0.4 is 5.32 Å². The van der Waals surface area contributed by atoms with Crippen LogP contribution in [-0.4, -0.2) is 13.1 Å². The summed E-state index contributed by atoms with van der Waals surface area (Å²) in [5.41, 5.74) is 1.05. The van der Waals surface area contributed by atoms with Crippen molar-refractivity contribution < 1.29 is 4.39 Å². The Morgan fingerprint density at radius 3 is 2.55 bits per heavy atom. The second-order valence-electron chi connectivity index (χ2n) is 5.46. The summed E-state index contributed by atoms with van der Waals surface area (Å²) in [6.07, 6.45) is 9.95. The van der Waals surface area contributed by atoms with Crippen LogP contribution in [0.5, 0.6) is 0 Å². The second-order valence-corrected chi connectivity index (χ2v) is 6.25. The molecule has 3 heteroatoms. The quantitative estimate of drug-likeness (QED) is 0.555. The van der Waals surface area contributed by atoms with Crippen LogP contribution in [0.4, 0.5) is 4.39 Å². The van der Waals surface area contributed by atoms with Crippen LogP contribution >= 0.6 is 15.9 Å². The molecule has 0 saturated heterocycles. The standard InChI is InChI=1S/C17H27BrFN/c1-3-4-5-6-7-8-11-15(20-2)13-14-10-9-12-16(19)17(14)18/h9-10,12,15,20H,3-8,11,13H2,1-2H3. The van der Waals surface area contributed by atoms with Crippen molar-refractivity contribution in [2.24, 2.45) is 0 Å². The Balaban J connectivity index is 2.34. The summed E-state index contributed by atoms with van der Waals surface area (Å²) in [6.45, 7) is 2.24. The molecule has 0 radical (unpaired) electrons. The molecule has 0 bridgehead atoms. The zero-order chi connectivity index (χ0) is 14.8. The van der Waals surface area contributed by atoms with Gasteiger partial charge in [-0.05, 0) is 47.4 Å². The van der Waals surface area contributed by atoms with E-state index in [0.717, 1.165) is 18.4 Å². The summed E-state index contributed by atoms with van der Waals surface area (Å²) in [4.78, 5) is 0. The molecule has 0 amide bonds. The first-order valence-corrected chi connectivity index (χ1v) is 8.58. The van der Waals surface area contributed by atoms with Crippen LogP contribution in [0.25, 0.3) is 0 Å². The summed E-state index contributed by atoms with van der Waals surface area (Å²) < 4.78 is 14.1. The van der Waals surface area contributed by atoms with Gasteiger partial charge in [-0.3, -0.25) is 0 Å². The number of hydrogen-bond donors (Lipinski definition) is 1. The fraction of sp³-hybridized carbons (Fsp3) is 0.647. The predicted molar refractivity (Wildman–Crippen MR) is 88.6 cm³/mol. The van der Waals surface area contributed by atoms with Crippen molar-refractivity contribution in [1.29, 1.82) is 0 Å². The maximum absolute atomic E-state index is 13.5.